The number of nitrogens with zero attached hydrogens (tertiary/aromatic N) is 3. The summed E-state index contributed by atoms with van der Waals surface area (Å²) in [5.74, 6) is 0.408. The third-order valence-electron chi connectivity index (χ3n) is 3.72. The number of likely N-dealkylation sites (tertiary alicyclic amines) is 1. The van der Waals surface area contributed by atoms with Crippen molar-refractivity contribution >= 4 is 11.8 Å². The van der Waals surface area contributed by atoms with Crippen molar-refractivity contribution in [3.8, 4) is 0 Å². The first-order valence-corrected chi connectivity index (χ1v) is 6.60. The molecule has 2 fully saturated rings. The van der Waals surface area contributed by atoms with Crippen LogP contribution in [0.4, 0.5) is 0 Å². The number of amides is 2. The second-order valence-corrected chi connectivity index (χ2v) is 5.28. The van der Waals surface area contributed by atoms with E-state index in [1.807, 2.05) is 11.8 Å². The zero-order valence-corrected chi connectivity index (χ0v) is 10.8. The Kier molecular flexibility index (Phi) is 2.96. The molecule has 2 amide bonds. The van der Waals surface area contributed by atoms with Gasteiger partial charge in [0.25, 0.3) is 0 Å². The standard InChI is InChI=1S/C12H17N5O2/c1-7(11-13-6-14-16-11)15-12(19)8-4-10(18)17(5-8)9-2-3-9/h6-9H,2-5H2,1H3,(H,15,19)(H,13,14,16). The number of rotatable bonds is 4. The zero-order valence-electron chi connectivity index (χ0n) is 10.8. The molecule has 2 heterocycles. The maximum atomic E-state index is 12.1. The van der Waals surface area contributed by atoms with Gasteiger partial charge < -0.3 is 10.2 Å². The summed E-state index contributed by atoms with van der Waals surface area (Å²) in [6.07, 6.45) is 3.89. The van der Waals surface area contributed by atoms with Crippen LogP contribution >= 0.6 is 0 Å². The van der Waals surface area contributed by atoms with Gasteiger partial charge in [-0.1, -0.05) is 0 Å². The highest BCUT2D eigenvalue weighted by Crippen LogP contribution is 2.32. The fraction of sp³-hybridized carbons (Fsp3) is 0.667. The first-order valence-electron chi connectivity index (χ1n) is 6.60. The van der Waals surface area contributed by atoms with Crippen molar-refractivity contribution in [2.45, 2.75) is 38.3 Å². The fourth-order valence-electron chi connectivity index (χ4n) is 2.47. The molecule has 0 bridgehead atoms. The van der Waals surface area contributed by atoms with E-state index in [2.05, 4.69) is 20.5 Å². The molecule has 1 aromatic rings. The minimum atomic E-state index is -0.238. The van der Waals surface area contributed by atoms with Crippen LogP contribution in [0.2, 0.25) is 0 Å². The molecule has 0 radical (unpaired) electrons. The Hall–Kier alpha value is -1.92. The molecule has 2 aliphatic rings. The number of hydrogen-bond donors (Lipinski definition) is 2. The molecular formula is C12H17N5O2. The molecule has 0 spiro atoms. The summed E-state index contributed by atoms with van der Waals surface area (Å²) in [5.41, 5.74) is 0. The quantitative estimate of drug-likeness (QED) is 0.799. The highest BCUT2D eigenvalue weighted by Gasteiger charge is 2.41. The second-order valence-electron chi connectivity index (χ2n) is 5.28. The Labute approximate surface area is 110 Å². The van der Waals surface area contributed by atoms with Gasteiger partial charge in [0.15, 0.2) is 0 Å². The van der Waals surface area contributed by atoms with Crippen molar-refractivity contribution in [3.05, 3.63) is 12.2 Å². The van der Waals surface area contributed by atoms with E-state index in [-0.39, 0.29) is 23.8 Å². The predicted octanol–water partition coefficient (Wildman–Crippen LogP) is -0.00720. The lowest BCUT2D eigenvalue weighted by Gasteiger charge is -2.17. The lowest BCUT2D eigenvalue weighted by molar-refractivity contribution is -0.129. The van der Waals surface area contributed by atoms with Crippen molar-refractivity contribution < 1.29 is 9.59 Å². The van der Waals surface area contributed by atoms with Crippen LogP contribution in [0, 0.1) is 5.92 Å². The predicted molar refractivity (Wildman–Crippen MR) is 65.8 cm³/mol. The van der Waals surface area contributed by atoms with Gasteiger partial charge in [-0.2, -0.15) is 5.10 Å². The Morgan fingerprint density at radius 1 is 1.58 bits per heavy atom. The number of carbonyl (C=O) groups is 2. The Balaban J connectivity index is 1.57. The smallest absolute Gasteiger partial charge is 0.226 e. The topological polar surface area (TPSA) is 91.0 Å². The average Bonchev–Trinajstić information content (AvgIpc) is 2.92. The van der Waals surface area contributed by atoms with E-state index in [9.17, 15) is 9.59 Å². The van der Waals surface area contributed by atoms with Crippen LogP contribution in [-0.4, -0.2) is 44.5 Å². The lowest BCUT2D eigenvalue weighted by atomic mass is 10.1. The SMILES string of the molecule is CC(NC(=O)C1CC(=O)N(C2CC2)C1)c1ncn[nH]1. The molecule has 1 aliphatic heterocycles. The van der Waals surface area contributed by atoms with Crippen LogP contribution in [-0.2, 0) is 9.59 Å². The van der Waals surface area contributed by atoms with Crippen molar-refractivity contribution in [1.29, 1.82) is 0 Å². The Morgan fingerprint density at radius 2 is 2.37 bits per heavy atom. The number of aromatic nitrogens is 3. The maximum absolute atomic E-state index is 12.1. The van der Waals surface area contributed by atoms with Crippen LogP contribution < -0.4 is 5.32 Å². The lowest BCUT2D eigenvalue weighted by Crippen LogP contribution is -2.35. The van der Waals surface area contributed by atoms with E-state index < -0.39 is 0 Å². The average molecular weight is 263 g/mol. The van der Waals surface area contributed by atoms with E-state index in [1.54, 1.807) is 0 Å². The summed E-state index contributed by atoms with van der Waals surface area (Å²) in [5, 5.41) is 9.35. The molecule has 7 heteroatoms. The minimum absolute atomic E-state index is 0.0830. The first-order chi connectivity index (χ1) is 9.15. The fourth-order valence-corrected chi connectivity index (χ4v) is 2.47. The monoisotopic (exact) mass is 263 g/mol. The van der Waals surface area contributed by atoms with Crippen molar-refractivity contribution in [2.24, 2.45) is 5.92 Å². The summed E-state index contributed by atoms with van der Waals surface area (Å²) in [6.45, 7) is 2.40. The summed E-state index contributed by atoms with van der Waals surface area (Å²) in [6, 6.07) is 0.164. The van der Waals surface area contributed by atoms with Gasteiger partial charge in [0.05, 0.1) is 12.0 Å². The molecule has 1 saturated carbocycles. The van der Waals surface area contributed by atoms with Gasteiger partial charge in [0, 0.05) is 19.0 Å². The van der Waals surface area contributed by atoms with Crippen LogP contribution in [0.3, 0.4) is 0 Å². The molecular weight excluding hydrogens is 246 g/mol. The van der Waals surface area contributed by atoms with Crippen LogP contribution in [0.25, 0.3) is 0 Å². The number of carbonyl (C=O) groups excluding carboxylic acids is 2. The summed E-state index contributed by atoms with van der Waals surface area (Å²) in [4.78, 5) is 29.8. The number of hydrogen-bond acceptors (Lipinski definition) is 4. The molecule has 7 nitrogen and oxygen atoms in total. The molecule has 3 rings (SSSR count). The molecule has 0 aromatic carbocycles. The van der Waals surface area contributed by atoms with Crippen molar-refractivity contribution in [1.82, 2.24) is 25.4 Å². The summed E-state index contributed by atoms with van der Waals surface area (Å²) < 4.78 is 0. The number of nitrogens with one attached hydrogen (secondary N) is 2. The van der Waals surface area contributed by atoms with Crippen molar-refractivity contribution in [3.63, 3.8) is 0 Å². The van der Waals surface area contributed by atoms with Gasteiger partial charge in [-0.3, -0.25) is 14.7 Å². The van der Waals surface area contributed by atoms with Crippen LogP contribution in [0.15, 0.2) is 6.33 Å². The largest absolute Gasteiger partial charge is 0.346 e. The second kappa shape index (κ2) is 4.64. The normalized spacial score (nSPS) is 24.6. The van der Waals surface area contributed by atoms with E-state index >= 15 is 0 Å². The van der Waals surface area contributed by atoms with E-state index in [4.69, 9.17) is 0 Å². The van der Waals surface area contributed by atoms with Crippen LogP contribution in [0.1, 0.15) is 38.1 Å². The van der Waals surface area contributed by atoms with Gasteiger partial charge in [-0.15, -0.1) is 0 Å². The number of H-pyrrole nitrogens is 1. The Bertz CT molecular complexity index is 482. The van der Waals surface area contributed by atoms with Gasteiger partial charge >= 0.3 is 0 Å². The molecule has 1 saturated heterocycles. The molecule has 1 aromatic heterocycles. The first kappa shape index (κ1) is 12.1. The van der Waals surface area contributed by atoms with E-state index in [0.717, 1.165) is 12.8 Å². The maximum Gasteiger partial charge on any atom is 0.226 e. The molecule has 2 atom stereocenters. The summed E-state index contributed by atoms with van der Waals surface area (Å²) >= 11 is 0. The molecule has 19 heavy (non-hydrogen) atoms. The molecule has 2 unspecified atom stereocenters. The van der Waals surface area contributed by atoms with Gasteiger partial charge in [0.2, 0.25) is 11.8 Å². The third-order valence-corrected chi connectivity index (χ3v) is 3.72. The highest BCUT2D eigenvalue weighted by atomic mass is 16.2. The zero-order chi connectivity index (χ0) is 13.4. The van der Waals surface area contributed by atoms with E-state index in [1.165, 1.54) is 6.33 Å². The third kappa shape index (κ3) is 2.45. The Morgan fingerprint density at radius 3 is 3.00 bits per heavy atom. The minimum Gasteiger partial charge on any atom is -0.346 e. The van der Waals surface area contributed by atoms with Gasteiger partial charge in [-0.25, -0.2) is 4.98 Å². The van der Waals surface area contributed by atoms with Gasteiger partial charge in [0.1, 0.15) is 12.2 Å². The van der Waals surface area contributed by atoms with E-state index in [0.29, 0.717) is 24.8 Å². The molecule has 2 N–H and O–H groups in total. The van der Waals surface area contributed by atoms with Crippen LogP contribution in [0.5, 0.6) is 0 Å². The number of aromatic amines is 1. The highest BCUT2D eigenvalue weighted by molar-refractivity contribution is 5.89. The molecule has 102 valence electrons. The van der Waals surface area contributed by atoms with Gasteiger partial charge in [-0.05, 0) is 19.8 Å². The summed E-state index contributed by atoms with van der Waals surface area (Å²) in [7, 11) is 0. The molecule has 1 aliphatic carbocycles. The van der Waals surface area contributed by atoms with Crippen molar-refractivity contribution in [2.75, 3.05) is 6.54 Å².